The Morgan fingerprint density at radius 1 is 1.15 bits per heavy atom. The quantitative estimate of drug-likeness (QED) is 0.672. The monoisotopic (exact) mass is 365 g/mol. The van der Waals surface area contributed by atoms with Crippen LogP contribution in [0.2, 0.25) is 0 Å². The summed E-state index contributed by atoms with van der Waals surface area (Å²) in [6.45, 7) is 3.93. The smallest absolute Gasteiger partial charge is 0.343 e. The van der Waals surface area contributed by atoms with Gasteiger partial charge < -0.3 is 15.8 Å². The van der Waals surface area contributed by atoms with Crippen LogP contribution in [0.25, 0.3) is 5.82 Å². The number of ether oxygens (including phenoxy) is 1. The van der Waals surface area contributed by atoms with Crippen LogP contribution >= 0.6 is 0 Å². The summed E-state index contributed by atoms with van der Waals surface area (Å²) in [4.78, 5) is 28.4. The van der Waals surface area contributed by atoms with Crippen molar-refractivity contribution in [3.8, 4) is 5.82 Å². The number of aryl methyl sites for hydroxylation is 1. The van der Waals surface area contributed by atoms with E-state index in [1.165, 1.54) is 17.1 Å². The predicted molar refractivity (Wildman–Crippen MR) is 101 cm³/mol. The number of benzene rings is 1. The van der Waals surface area contributed by atoms with E-state index in [9.17, 15) is 9.59 Å². The first-order chi connectivity index (χ1) is 13.0. The van der Waals surface area contributed by atoms with Crippen molar-refractivity contribution in [2.24, 2.45) is 0 Å². The average molecular weight is 365 g/mol. The highest BCUT2D eigenvalue weighted by Gasteiger charge is 2.18. The first-order valence-electron chi connectivity index (χ1n) is 8.34. The Labute approximate surface area is 156 Å². The lowest BCUT2D eigenvalue weighted by atomic mass is 10.2. The van der Waals surface area contributed by atoms with Crippen LogP contribution in [0.5, 0.6) is 0 Å². The fourth-order valence-electron chi connectivity index (χ4n) is 2.39. The summed E-state index contributed by atoms with van der Waals surface area (Å²) < 4.78 is 6.24. The molecule has 2 aromatic heterocycles. The van der Waals surface area contributed by atoms with Gasteiger partial charge in [-0.1, -0.05) is 17.7 Å². The van der Waals surface area contributed by atoms with Crippen LogP contribution in [0.1, 0.15) is 33.2 Å². The van der Waals surface area contributed by atoms with Gasteiger partial charge in [-0.25, -0.2) is 9.78 Å². The molecule has 0 unspecified atom stereocenters. The molecule has 0 aliphatic carbocycles. The Morgan fingerprint density at radius 2 is 1.89 bits per heavy atom. The highest BCUT2D eigenvalue weighted by Crippen LogP contribution is 2.17. The molecule has 3 rings (SSSR count). The predicted octanol–water partition coefficient (Wildman–Crippen LogP) is 2.59. The van der Waals surface area contributed by atoms with Crippen molar-refractivity contribution >= 4 is 23.4 Å². The molecule has 0 saturated carbocycles. The van der Waals surface area contributed by atoms with Gasteiger partial charge in [0, 0.05) is 11.9 Å². The normalized spacial score (nSPS) is 10.4. The van der Waals surface area contributed by atoms with Gasteiger partial charge in [0.2, 0.25) is 0 Å². The number of carbonyl (C=O) groups excluding carboxylic acids is 2. The van der Waals surface area contributed by atoms with Crippen LogP contribution in [-0.4, -0.2) is 33.2 Å². The average Bonchev–Trinajstić information content (AvgIpc) is 3.05. The van der Waals surface area contributed by atoms with Crippen molar-refractivity contribution in [3.63, 3.8) is 0 Å². The molecule has 3 N–H and O–H groups in total. The number of amides is 1. The van der Waals surface area contributed by atoms with E-state index in [0.717, 1.165) is 5.56 Å². The topological polar surface area (TPSA) is 112 Å². The number of aromatic nitrogens is 3. The summed E-state index contributed by atoms with van der Waals surface area (Å²) >= 11 is 0. The van der Waals surface area contributed by atoms with Gasteiger partial charge in [-0.3, -0.25) is 4.79 Å². The highest BCUT2D eigenvalue weighted by atomic mass is 16.5. The largest absolute Gasteiger partial charge is 0.462 e. The molecular weight excluding hydrogens is 346 g/mol. The van der Waals surface area contributed by atoms with E-state index < -0.39 is 5.97 Å². The van der Waals surface area contributed by atoms with Crippen LogP contribution in [0.4, 0.5) is 11.5 Å². The van der Waals surface area contributed by atoms with E-state index >= 15 is 0 Å². The molecule has 0 spiro atoms. The van der Waals surface area contributed by atoms with Crippen molar-refractivity contribution in [3.05, 3.63) is 65.5 Å². The van der Waals surface area contributed by atoms with Gasteiger partial charge in [-0.2, -0.15) is 9.78 Å². The molecule has 8 heteroatoms. The minimum Gasteiger partial charge on any atom is -0.462 e. The van der Waals surface area contributed by atoms with Crippen molar-refractivity contribution in [2.45, 2.75) is 13.8 Å². The van der Waals surface area contributed by atoms with Crippen LogP contribution in [0, 0.1) is 6.92 Å². The van der Waals surface area contributed by atoms with E-state index in [0.29, 0.717) is 17.1 Å². The van der Waals surface area contributed by atoms with Crippen LogP contribution < -0.4 is 11.1 Å². The Hall–Kier alpha value is -3.68. The Balaban J connectivity index is 1.76. The molecule has 3 aromatic rings. The molecule has 1 aromatic carbocycles. The van der Waals surface area contributed by atoms with Crippen molar-refractivity contribution in [1.82, 2.24) is 14.8 Å². The molecule has 0 aliphatic rings. The Morgan fingerprint density at radius 3 is 2.52 bits per heavy atom. The molecule has 8 nitrogen and oxygen atoms in total. The number of esters is 1. The lowest BCUT2D eigenvalue weighted by Gasteiger charge is -2.07. The summed E-state index contributed by atoms with van der Waals surface area (Å²) in [5.41, 5.74) is 8.32. The molecule has 1 amide bonds. The number of nitrogens with one attached hydrogen (secondary N) is 1. The minimum atomic E-state index is -0.546. The Bertz CT molecular complexity index is 962. The molecule has 0 radical (unpaired) electrons. The maximum absolute atomic E-state index is 12.3. The lowest BCUT2D eigenvalue weighted by molar-refractivity contribution is 0.0527. The fourth-order valence-corrected chi connectivity index (χ4v) is 2.39. The van der Waals surface area contributed by atoms with E-state index in [1.807, 2.05) is 31.2 Å². The number of hydrogen-bond acceptors (Lipinski definition) is 6. The molecule has 0 bridgehead atoms. The molecule has 2 heterocycles. The molecule has 138 valence electrons. The van der Waals surface area contributed by atoms with Crippen molar-refractivity contribution in [2.75, 3.05) is 17.7 Å². The summed E-state index contributed by atoms with van der Waals surface area (Å²) in [5.74, 6) is -0.318. The van der Waals surface area contributed by atoms with E-state index in [-0.39, 0.29) is 23.9 Å². The number of nitrogen functional groups attached to an aromatic ring is 1. The van der Waals surface area contributed by atoms with Crippen LogP contribution in [0.3, 0.4) is 0 Å². The van der Waals surface area contributed by atoms with Crippen molar-refractivity contribution in [1.29, 1.82) is 0 Å². The zero-order valence-corrected chi connectivity index (χ0v) is 15.0. The van der Waals surface area contributed by atoms with Gasteiger partial charge in [-0.05, 0) is 38.1 Å². The summed E-state index contributed by atoms with van der Waals surface area (Å²) in [5, 5.41) is 6.87. The second kappa shape index (κ2) is 7.69. The van der Waals surface area contributed by atoms with E-state index in [4.69, 9.17) is 10.5 Å². The number of rotatable bonds is 5. The molecule has 0 atom stereocenters. The number of nitrogens with two attached hydrogens (primary N) is 1. The molecule has 0 aliphatic heterocycles. The fraction of sp³-hybridized carbons (Fsp3) is 0.158. The zero-order chi connectivity index (χ0) is 19.4. The van der Waals surface area contributed by atoms with E-state index in [1.54, 1.807) is 19.1 Å². The van der Waals surface area contributed by atoms with Gasteiger partial charge in [-0.15, -0.1) is 0 Å². The second-order valence-electron chi connectivity index (χ2n) is 5.80. The van der Waals surface area contributed by atoms with Gasteiger partial charge >= 0.3 is 5.97 Å². The lowest BCUT2D eigenvalue weighted by Crippen LogP contribution is -2.13. The SMILES string of the molecule is CCOC(=O)c1cnn(-c2ccc(C(=O)Nc3ccc(C)cc3)cn2)c1N. The third kappa shape index (κ3) is 3.95. The van der Waals surface area contributed by atoms with E-state index in [2.05, 4.69) is 15.4 Å². The number of nitrogens with zero attached hydrogens (tertiary/aromatic N) is 3. The zero-order valence-electron chi connectivity index (χ0n) is 15.0. The summed E-state index contributed by atoms with van der Waals surface area (Å²) in [7, 11) is 0. The maximum Gasteiger partial charge on any atom is 0.343 e. The van der Waals surface area contributed by atoms with Crippen LogP contribution in [0.15, 0.2) is 48.8 Å². The Kier molecular flexibility index (Phi) is 5.16. The molecule has 0 fully saturated rings. The molecule has 0 saturated heterocycles. The highest BCUT2D eigenvalue weighted by molar-refractivity contribution is 6.04. The standard InChI is InChI=1S/C19H19N5O3/c1-3-27-19(26)15-11-22-24(17(15)20)16-9-6-13(10-21-16)18(25)23-14-7-4-12(2)5-8-14/h4-11H,3,20H2,1-2H3,(H,23,25). The number of anilines is 2. The molecule has 27 heavy (non-hydrogen) atoms. The molecular formula is C19H19N5O3. The van der Waals surface area contributed by atoms with Gasteiger partial charge in [0.1, 0.15) is 11.4 Å². The van der Waals surface area contributed by atoms with Crippen molar-refractivity contribution < 1.29 is 14.3 Å². The number of hydrogen-bond donors (Lipinski definition) is 2. The summed E-state index contributed by atoms with van der Waals surface area (Å²) in [6, 6.07) is 10.7. The summed E-state index contributed by atoms with van der Waals surface area (Å²) in [6.07, 6.45) is 2.75. The first-order valence-corrected chi connectivity index (χ1v) is 8.34. The van der Waals surface area contributed by atoms with Crippen LogP contribution in [-0.2, 0) is 4.74 Å². The number of pyridine rings is 1. The minimum absolute atomic E-state index is 0.123. The van der Waals surface area contributed by atoms with Gasteiger partial charge in [0.05, 0.1) is 18.4 Å². The second-order valence-corrected chi connectivity index (χ2v) is 5.80. The van der Waals surface area contributed by atoms with Gasteiger partial charge in [0.25, 0.3) is 5.91 Å². The number of carbonyl (C=O) groups is 2. The van der Waals surface area contributed by atoms with Gasteiger partial charge in [0.15, 0.2) is 5.82 Å². The maximum atomic E-state index is 12.3. The third-order valence-electron chi connectivity index (χ3n) is 3.84. The first kappa shape index (κ1) is 18.1. The third-order valence-corrected chi connectivity index (χ3v) is 3.84.